The number of methoxy groups -OCH3 is 1. The number of anilines is 1. The summed E-state index contributed by atoms with van der Waals surface area (Å²) in [5.41, 5.74) is 1.65. The Balaban J connectivity index is 1.32. The first-order chi connectivity index (χ1) is 15.1. The molecule has 0 bridgehead atoms. The second kappa shape index (κ2) is 9.75. The van der Waals surface area contributed by atoms with Crippen LogP contribution in [0.2, 0.25) is 0 Å². The smallest absolute Gasteiger partial charge is 0.229 e. The van der Waals surface area contributed by atoms with Crippen molar-refractivity contribution in [3.63, 3.8) is 0 Å². The van der Waals surface area contributed by atoms with Crippen LogP contribution in [0.5, 0.6) is 5.75 Å². The second-order valence-electron chi connectivity index (χ2n) is 7.84. The number of carbonyl (C=O) groups is 1. The van der Waals surface area contributed by atoms with Gasteiger partial charge >= 0.3 is 0 Å². The van der Waals surface area contributed by atoms with E-state index in [1.807, 2.05) is 41.1 Å². The van der Waals surface area contributed by atoms with Crippen LogP contribution in [0.3, 0.4) is 0 Å². The maximum Gasteiger partial charge on any atom is 0.229 e. The van der Waals surface area contributed by atoms with Gasteiger partial charge in [0.25, 0.3) is 0 Å². The lowest BCUT2D eigenvalue weighted by Gasteiger charge is -2.32. The van der Waals surface area contributed by atoms with E-state index in [2.05, 4.69) is 15.3 Å². The summed E-state index contributed by atoms with van der Waals surface area (Å²) in [5.74, 6) is 0.957. The molecule has 31 heavy (non-hydrogen) atoms. The first-order valence-electron chi connectivity index (χ1n) is 10.5. The van der Waals surface area contributed by atoms with Gasteiger partial charge in [0.15, 0.2) is 0 Å². The third-order valence-electron chi connectivity index (χ3n) is 5.70. The van der Waals surface area contributed by atoms with E-state index in [9.17, 15) is 9.18 Å². The molecule has 162 valence electrons. The van der Waals surface area contributed by atoms with Gasteiger partial charge < -0.3 is 10.1 Å². The molecule has 0 saturated carbocycles. The number of hydrogen-bond donors (Lipinski definition) is 1. The van der Waals surface area contributed by atoms with Gasteiger partial charge in [0.1, 0.15) is 17.4 Å². The highest BCUT2D eigenvalue weighted by atomic mass is 19.1. The lowest BCUT2D eigenvalue weighted by molar-refractivity contribution is -0.115. The number of piperidine rings is 1. The molecule has 2 heterocycles. The van der Waals surface area contributed by atoms with Gasteiger partial charge in [0, 0.05) is 37.3 Å². The molecule has 0 unspecified atom stereocenters. The summed E-state index contributed by atoms with van der Waals surface area (Å²) in [7, 11) is 1.53. The van der Waals surface area contributed by atoms with Crippen LogP contribution in [0.1, 0.15) is 30.0 Å². The summed E-state index contributed by atoms with van der Waals surface area (Å²) in [5, 5.41) is 7.44. The molecule has 1 amide bonds. The topological polar surface area (TPSA) is 59.4 Å². The minimum Gasteiger partial charge on any atom is -0.497 e. The van der Waals surface area contributed by atoms with Gasteiger partial charge in [0.05, 0.1) is 25.8 Å². The first kappa shape index (κ1) is 21.1. The minimum absolute atomic E-state index is 0.0552. The summed E-state index contributed by atoms with van der Waals surface area (Å²) < 4.78 is 21.2. The molecule has 1 saturated heterocycles. The van der Waals surface area contributed by atoms with E-state index in [4.69, 9.17) is 4.74 Å². The van der Waals surface area contributed by atoms with Crippen molar-refractivity contribution in [3.8, 4) is 5.75 Å². The van der Waals surface area contributed by atoms with E-state index in [1.54, 1.807) is 18.3 Å². The van der Waals surface area contributed by atoms with E-state index in [0.29, 0.717) is 24.3 Å². The number of hydrogen-bond acceptors (Lipinski definition) is 4. The fourth-order valence-electron chi connectivity index (χ4n) is 4.02. The van der Waals surface area contributed by atoms with Crippen LogP contribution >= 0.6 is 0 Å². The maximum atomic E-state index is 14.3. The Morgan fingerprint density at radius 3 is 2.65 bits per heavy atom. The SMILES string of the molecule is COc1ccc(CN2CCC(n3nccc3NC(=O)Cc3ccccc3)CC2)c(F)c1. The molecular formula is C24H27FN4O2. The van der Waals surface area contributed by atoms with E-state index in [-0.39, 0.29) is 17.8 Å². The molecule has 0 atom stereocenters. The van der Waals surface area contributed by atoms with Crippen LogP contribution in [0, 0.1) is 5.82 Å². The van der Waals surface area contributed by atoms with Crippen molar-refractivity contribution >= 4 is 11.7 Å². The molecule has 4 rings (SSSR count). The number of likely N-dealkylation sites (tertiary alicyclic amines) is 1. The number of carbonyl (C=O) groups excluding carboxylic acids is 1. The minimum atomic E-state index is -0.239. The number of nitrogens with one attached hydrogen (secondary N) is 1. The summed E-state index contributed by atoms with van der Waals surface area (Å²) >= 11 is 0. The van der Waals surface area contributed by atoms with E-state index in [0.717, 1.165) is 37.3 Å². The molecule has 6 nitrogen and oxygen atoms in total. The van der Waals surface area contributed by atoms with Gasteiger partial charge in [-0.25, -0.2) is 9.07 Å². The molecule has 1 aliphatic heterocycles. The fourth-order valence-corrected chi connectivity index (χ4v) is 4.02. The third-order valence-corrected chi connectivity index (χ3v) is 5.70. The maximum absolute atomic E-state index is 14.3. The van der Waals surface area contributed by atoms with Gasteiger partial charge in [-0.1, -0.05) is 36.4 Å². The van der Waals surface area contributed by atoms with Gasteiger partial charge in [0.2, 0.25) is 5.91 Å². The second-order valence-corrected chi connectivity index (χ2v) is 7.84. The first-order valence-corrected chi connectivity index (χ1v) is 10.5. The Kier molecular flexibility index (Phi) is 6.62. The van der Waals surface area contributed by atoms with Crippen molar-refractivity contribution in [2.24, 2.45) is 0 Å². The summed E-state index contributed by atoms with van der Waals surface area (Å²) in [6.45, 7) is 2.25. The summed E-state index contributed by atoms with van der Waals surface area (Å²) in [6.07, 6.45) is 3.83. The van der Waals surface area contributed by atoms with Gasteiger partial charge in [-0.15, -0.1) is 0 Å². The molecule has 0 aliphatic carbocycles. The van der Waals surface area contributed by atoms with Crippen LogP contribution in [0.15, 0.2) is 60.8 Å². The third kappa shape index (κ3) is 5.30. The van der Waals surface area contributed by atoms with Crippen molar-refractivity contribution in [3.05, 3.63) is 77.7 Å². The zero-order chi connectivity index (χ0) is 21.6. The lowest BCUT2D eigenvalue weighted by atomic mass is 10.0. The quantitative estimate of drug-likeness (QED) is 0.624. The number of ether oxygens (including phenoxy) is 1. The van der Waals surface area contributed by atoms with Crippen molar-refractivity contribution in [1.82, 2.24) is 14.7 Å². The molecule has 1 fully saturated rings. The zero-order valence-corrected chi connectivity index (χ0v) is 17.6. The average molecular weight is 423 g/mol. The van der Waals surface area contributed by atoms with Crippen molar-refractivity contribution in [2.45, 2.75) is 31.8 Å². The molecule has 7 heteroatoms. The molecule has 0 radical (unpaired) electrons. The van der Waals surface area contributed by atoms with Crippen LogP contribution in [0.25, 0.3) is 0 Å². The normalized spacial score (nSPS) is 15.0. The van der Waals surface area contributed by atoms with Gasteiger partial charge in [-0.3, -0.25) is 9.69 Å². The molecule has 0 spiro atoms. The standard InChI is InChI=1S/C24H27FN4O2/c1-31-21-8-7-19(22(25)16-21)17-28-13-10-20(11-14-28)29-23(9-12-26-29)27-24(30)15-18-5-3-2-4-6-18/h2-9,12,16,20H,10-11,13-15,17H2,1H3,(H,27,30). The molecule has 1 aromatic heterocycles. The highest BCUT2D eigenvalue weighted by Gasteiger charge is 2.24. The summed E-state index contributed by atoms with van der Waals surface area (Å²) in [4.78, 5) is 14.7. The van der Waals surface area contributed by atoms with Crippen molar-refractivity contribution in [2.75, 3.05) is 25.5 Å². The largest absolute Gasteiger partial charge is 0.497 e. The van der Waals surface area contributed by atoms with Crippen LogP contribution < -0.4 is 10.1 Å². The van der Waals surface area contributed by atoms with Gasteiger partial charge in [-0.05, 0) is 24.5 Å². The van der Waals surface area contributed by atoms with Crippen molar-refractivity contribution < 1.29 is 13.9 Å². The van der Waals surface area contributed by atoms with E-state index >= 15 is 0 Å². The molecule has 1 aliphatic rings. The molecule has 3 aromatic rings. The predicted molar refractivity (Wildman–Crippen MR) is 118 cm³/mol. The Morgan fingerprint density at radius 1 is 1.16 bits per heavy atom. The predicted octanol–water partition coefficient (Wildman–Crippen LogP) is 4.05. The zero-order valence-electron chi connectivity index (χ0n) is 17.6. The van der Waals surface area contributed by atoms with Crippen LogP contribution in [-0.4, -0.2) is 40.8 Å². The monoisotopic (exact) mass is 422 g/mol. The Bertz CT molecular complexity index is 1010. The van der Waals surface area contributed by atoms with E-state index in [1.165, 1.54) is 13.2 Å². The average Bonchev–Trinajstić information content (AvgIpc) is 3.24. The molecular weight excluding hydrogens is 395 g/mol. The number of aromatic nitrogens is 2. The van der Waals surface area contributed by atoms with Crippen molar-refractivity contribution in [1.29, 1.82) is 0 Å². The van der Waals surface area contributed by atoms with Gasteiger partial charge in [-0.2, -0.15) is 5.10 Å². The molecule has 2 aromatic carbocycles. The number of nitrogens with zero attached hydrogens (tertiary/aromatic N) is 3. The number of benzene rings is 2. The van der Waals surface area contributed by atoms with Crippen LogP contribution in [0.4, 0.5) is 10.2 Å². The lowest BCUT2D eigenvalue weighted by Crippen LogP contribution is -2.35. The molecule has 1 N–H and O–H groups in total. The fraction of sp³-hybridized carbons (Fsp3) is 0.333. The number of amides is 1. The van der Waals surface area contributed by atoms with E-state index < -0.39 is 0 Å². The number of rotatable bonds is 7. The highest BCUT2D eigenvalue weighted by molar-refractivity contribution is 5.91. The number of halogens is 1. The Labute approximate surface area is 181 Å². The Hall–Kier alpha value is -3.19. The van der Waals surface area contributed by atoms with Crippen LogP contribution in [-0.2, 0) is 17.8 Å². The highest BCUT2D eigenvalue weighted by Crippen LogP contribution is 2.27. The summed E-state index contributed by atoms with van der Waals surface area (Å²) in [6, 6.07) is 16.7. The Morgan fingerprint density at radius 2 is 1.94 bits per heavy atom.